The van der Waals surface area contributed by atoms with Crippen LogP contribution in [-0.4, -0.2) is 31.6 Å². The Bertz CT molecular complexity index is 390. The predicted molar refractivity (Wildman–Crippen MR) is 85.6 cm³/mol. The van der Waals surface area contributed by atoms with Crippen LogP contribution in [0.3, 0.4) is 0 Å². The van der Waals surface area contributed by atoms with E-state index in [4.69, 9.17) is 10.5 Å². The molecule has 1 rings (SSSR count). The van der Waals surface area contributed by atoms with Crippen molar-refractivity contribution in [2.45, 2.75) is 40.3 Å². The number of nitrogens with two attached hydrogens (primary N) is 1. The quantitative estimate of drug-likeness (QED) is 0.754. The zero-order valence-electron chi connectivity index (χ0n) is 13.5. The minimum absolute atomic E-state index is 0.166. The van der Waals surface area contributed by atoms with E-state index in [1.165, 1.54) is 17.5 Å². The zero-order chi connectivity index (χ0) is 15.0. The van der Waals surface area contributed by atoms with Gasteiger partial charge in [-0.05, 0) is 36.1 Å². The van der Waals surface area contributed by atoms with E-state index in [1.54, 1.807) is 7.11 Å². The second-order valence-corrected chi connectivity index (χ2v) is 6.33. The molecular formula is C17H30N2O. The van der Waals surface area contributed by atoms with E-state index in [0.717, 1.165) is 26.2 Å². The lowest BCUT2D eigenvalue weighted by Crippen LogP contribution is -2.38. The molecule has 0 aliphatic rings. The average Bonchev–Trinajstić information content (AvgIpc) is 2.39. The standard InChI is InChI=1S/C17H30N2O/c1-5-9-19(14-17(2,3)13-18)11-15-7-6-8-16(10-15)12-20-4/h6-8,10H,5,9,11-14,18H2,1-4H3. The van der Waals surface area contributed by atoms with Crippen LogP contribution in [0.1, 0.15) is 38.3 Å². The highest BCUT2D eigenvalue weighted by atomic mass is 16.5. The van der Waals surface area contributed by atoms with Crippen molar-refractivity contribution < 1.29 is 4.74 Å². The van der Waals surface area contributed by atoms with Gasteiger partial charge in [0.25, 0.3) is 0 Å². The Kier molecular flexibility index (Phi) is 7.20. The van der Waals surface area contributed by atoms with Crippen LogP contribution in [0.4, 0.5) is 0 Å². The van der Waals surface area contributed by atoms with Gasteiger partial charge in [-0.25, -0.2) is 0 Å². The zero-order valence-corrected chi connectivity index (χ0v) is 13.5. The molecule has 0 aliphatic carbocycles. The molecule has 20 heavy (non-hydrogen) atoms. The Morgan fingerprint density at radius 3 is 2.55 bits per heavy atom. The van der Waals surface area contributed by atoms with Gasteiger partial charge < -0.3 is 10.5 Å². The summed E-state index contributed by atoms with van der Waals surface area (Å²) in [5, 5.41) is 0. The third-order valence-corrected chi connectivity index (χ3v) is 3.45. The second kappa shape index (κ2) is 8.40. The molecule has 0 amide bonds. The SMILES string of the molecule is CCCN(Cc1cccc(COC)c1)CC(C)(C)CN. The van der Waals surface area contributed by atoms with Crippen molar-refractivity contribution in [2.75, 3.05) is 26.7 Å². The summed E-state index contributed by atoms with van der Waals surface area (Å²) in [6.07, 6.45) is 1.17. The normalized spacial score (nSPS) is 12.1. The molecule has 0 fully saturated rings. The fraction of sp³-hybridized carbons (Fsp3) is 0.647. The van der Waals surface area contributed by atoms with Gasteiger partial charge in [0.05, 0.1) is 6.61 Å². The van der Waals surface area contributed by atoms with Crippen molar-refractivity contribution in [1.82, 2.24) is 4.90 Å². The van der Waals surface area contributed by atoms with E-state index in [2.05, 4.69) is 49.9 Å². The smallest absolute Gasteiger partial charge is 0.0713 e. The summed E-state index contributed by atoms with van der Waals surface area (Å²) >= 11 is 0. The molecule has 114 valence electrons. The molecule has 3 nitrogen and oxygen atoms in total. The number of nitrogens with zero attached hydrogens (tertiary/aromatic N) is 1. The van der Waals surface area contributed by atoms with E-state index >= 15 is 0 Å². The molecule has 0 heterocycles. The van der Waals surface area contributed by atoms with Crippen LogP contribution in [0, 0.1) is 5.41 Å². The van der Waals surface area contributed by atoms with E-state index in [9.17, 15) is 0 Å². The first kappa shape index (κ1) is 17.2. The summed E-state index contributed by atoms with van der Waals surface area (Å²) in [6, 6.07) is 8.65. The number of rotatable bonds is 9. The summed E-state index contributed by atoms with van der Waals surface area (Å²) < 4.78 is 5.20. The van der Waals surface area contributed by atoms with E-state index in [1.807, 2.05) is 0 Å². The Morgan fingerprint density at radius 1 is 1.25 bits per heavy atom. The first-order chi connectivity index (χ1) is 9.50. The van der Waals surface area contributed by atoms with Gasteiger partial charge in [0, 0.05) is 20.2 Å². The maximum atomic E-state index is 5.86. The van der Waals surface area contributed by atoms with Crippen LogP contribution in [0.2, 0.25) is 0 Å². The Labute approximate surface area is 124 Å². The molecule has 1 aromatic carbocycles. The molecule has 0 radical (unpaired) electrons. The Morgan fingerprint density at radius 2 is 1.95 bits per heavy atom. The molecule has 2 N–H and O–H groups in total. The van der Waals surface area contributed by atoms with E-state index in [0.29, 0.717) is 6.61 Å². The van der Waals surface area contributed by atoms with Crippen LogP contribution in [0.25, 0.3) is 0 Å². The van der Waals surface area contributed by atoms with Crippen molar-refractivity contribution in [1.29, 1.82) is 0 Å². The van der Waals surface area contributed by atoms with Gasteiger partial charge >= 0.3 is 0 Å². The molecule has 0 bridgehead atoms. The maximum absolute atomic E-state index is 5.86. The van der Waals surface area contributed by atoms with Crippen LogP contribution in [-0.2, 0) is 17.9 Å². The lowest BCUT2D eigenvalue weighted by molar-refractivity contribution is 0.175. The number of ether oxygens (including phenoxy) is 1. The molecule has 0 saturated heterocycles. The molecule has 0 aliphatic heterocycles. The molecule has 0 unspecified atom stereocenters. The summed E-state index contributed by atoms with van der Waals surface area (Å²) in [6.45, 7) is 11.2. The van der Waals surface area contributed by atoms with Crippen molar-refractivity contribution >= 4 is 0 Å². The van der Waals surface area contributed by atoms with Crippen molar-refractivity contribution in [3.8, 4) is 0 Å². The molecule has 0 spiro atoms. The first-order valence-electron chi connectivity index (χ1n) is 7.50. The van der Waals surface area contributed by atoms with Gasteiger partial charge in [0.2, 0.25) is 0 Å². The van der Waals surface area contributed by atoms with Crippen molar-refractivity contribution in [3.63, 3.8) is 0 Å². The van der Waals surface area contributed by atoms with Crippen LogP contribution < -0.4 is 5.73 Å². The monoisotopic (exact) mass is 278 g/mol. The summed E-state index contributed by atoms with van der Waals surface area (Å²) in [4.78, 5) is 2.50. The van der Waals surface area contributed by atoms with Crippen LogP contribution in [0.15, 0.2) is 24.3 Å². The third kappa shape index (κ3) is 6.04. The minimum atomic E-state index is 0.166. The number of hydrogen-bond acceptors (Lipinski definition) is 3. The molecule has 0 saturated carbocycles. The highest BCUT2D eigenvalue weighted by molar-refractivity contribution is 5.23. The predicted octanol–water partition coefficient (Wildman–Crippen LogP) is 3.03. The Balaban J connectivity index is 2.71. The summed E-state index contributed by atoms with van der Waals surface area (Å²) in [5.41, 5.74) is 8.61. The molecule has 0 aromatic heterocycles. The second-order valence-electron chi connectivity index (χ2n) is 6.33. The van der Waals surface area contributed by atoms with Gasteiger partial charge in [-0.3, -0.25) is 4.90 Å². The summed E-state index contributed by atoms with van der Waals surface area (Å²) in [7, 11) is 1.74. The first-order valence-corrected chi connectivity index (χ1v) is 7.50. The Hall–Kier alpha value is -0.900. The average molecular weight is 278 g/mol. The van der Waals surface area contributed by atoms with Crippen molar-refractivity contribution in [2.24, 2.45) is 11.1 Å². The minimum Gasteiger partial charge on any atom is -0.380 e. The van der Waals surface area contributed by atoms with Crippen molar-refractivity contribution in [3.05, 3.63) is 35.4 Å². The number of benzene rings is 1. The maximum Gasteiger partial charge on any atom is 0.0713 e. The lowest BCUT2D eigenvalue weighted by atomic mass is 9.92. The summed E-state index contributed by atoms with van der Waals surface area (Å²) in [5.74, 6) is 0. The molecule has 1 aromatic rings. The van der Waals surface area contributed by atoms with Gasteiger partial charge in [0.1, 0.15) is 0 Å². The van der Waals surface area contributed by atoms with E-state index < -0.39 is 0 Å². The molecule has 0 atom stereocenters. The molecular weight excluding hydrogens is 248 g/mol. The number of methoxy groups -OCH3 is 1. The fourth-order valence-electron chi connectivity index (χ4n) is 2.44. The largest absolute Gasteiger partial charge is 0.380 e. The van der Waals surface area contributed by atoms with Gasteiger partial charge in [-0.2, -0.15) is 0 Å². The van der Waals surface area contributed by atoms with Crippen LogP contribution in [0.5, 0.6) is 0 Å². The van der Waals surface area contributed by atoms with Gasteiger partial charge in [0.15, 0.2) is 0 Å². The third-order valence-electron chi connectivity index (χ3n) is 3.45. The van der Waals surface area contributed by atoms with Crippen LogP contribution >= 0.6 is 0 Å². The van der Waals surface area contributed by atoms with Gasteiger partial charge in [-0.1, -0.05) is 45.0 Å². The highest BCUT2D eigenvalue weighted by Crippen LogP contribution is 2.18. The lowest BCUT2D eigenvalue weighted by Gasteiger charge is -2.31. The number of hydrogen-bond donors (Lipinski definition) is 1. The fourth-order valence-corrected chi connectivity index (χ4v) is 2.44. The topological polar surface area (TPSA) is 38.5 Å². The highest BCUT2D eigenvalue weighted by Gasteiger charge is 2.19. The molecule has 3 heteroatoms. The van der Waals surface area contributed by atoms with Gasteiger partial charge in [-0.15, -0.1) is 0 Å². The van der Waals surface area contributed by atoms with E-state index in [-0.39, 0.29) is 5.41 Å².